The Morgan fingerprint density at radius 2 is 1.81 bits per heavy atom. The summed E-state index contributed by atoms with van der Waals surface area (Å²) < 4.78 is 65.8. The lowest BCUT2D eigenvalue weighted by Gasteiger charge is -2.14. The molecule has 142 valence electrons. The summed E-state index contributed by atoms with van der Waals surface area (Å²) in [6.45, 7) is 1.10. The molecule has 2 aromatic rings. The van der Waals surface area contributed by atoms with E-state index in [0.29, 0.717) is 25.1 Å². The smallest absolute Gasteiger partial charge is 0.354 e. The fourth-order valence-electron chi connectivity index (χ4n) is 2.06. The fourth-order valence-corrected chi connectivity index (χ4v) is 2.06. The first-order valence-electron chi connectivity index (χ1n) is 7.72. The van der Waals surface area contributed by atoms with Crippen LogP contribution < -0.4 is 10.6 Å². The van der Waals surface area contributed by atoms with Gasteiger partial charge in [-0.1, -0.05) is 0 Å². The van der Waals surface area contributed by atoms with Crippen LogP contribution in [0.15, 0.2) is 24.3 Å². The molecule has 26 heavy (non-hydrogen) atoms. The quantitative estimate of drug-likeness (QED) is 0.568. The second-order valence-electron chi connectivity index (χ2n) is 5.79. The molecule has 0 aliphatic carbocycles. The molecule has 0 saturated heterocycles. The number of halogens is 5. The molecule has 0 saturated carbocycles. The molecule has 0 aliphatic heterocycles. The van der Waals surface area contributed by atoms with Gasteiger partial charge in [0.1, 0.15) is 17.5 Å². The number of benzene rings is 1. The summed E-state index contributed by atoms with van der Waals surface area (Å²) >= 11 is 0. The van der Waals surface area contributed by atoms with Crippen LogP contribution in [0.2, 0.25) is 0 Å². The Balaban J connectivity index is 2.22. The zero-order valence-corrected chi connectivity index (χ0v) is 14.2. The van der Waals surface area contributed by atoms with Crippen LogP contribution in [0, 0.1) is 11.6 Å². The lowest BCUT2D eigenvalue weighted by atomic mass is 10.3. The molecule has 0 spiro atoms. The van der Waals surface area contributed by atoms with E-state index in [-0.39, 0.29) is 17.5 Å². The molecule has 0 unspecified atom stereocenters. The Morgan fingerprint density at radius 3 is 2.42 bits per heavy atom. The van der Waals surface area contributed by atoms with Gasteiger partial charge in [0.2, 0.25) is 5.95 Å². The van der Waals surface area contributed by atoms with E-state index in [1.807, 2.05) is 19.0 Å². The van der Waals surface area contributed by atoms with Crippen LogP contribution in [0.5, 0.6) is 0 Å². The highest BCUT2D eigenvalue weighted by Gasteiger charge is 2.33. The van der Waals surface area contributed by atoms with E-state index in [4.69, 9.17) is 0 Å². The maximum absolute atomic E-state index is 13.7. The van der Waals surface area contributed by atoms with Gasteiger partial charge in [-0.25, -0.2) is 13.8 Å². The summed E-state index contributed by atoms with van der Waals surface area (Å²) in [6, 6.07) is 3.34. The van der Waals surface area contributed by atoms with Crippen molar-refractivity contribution in [3.63, 3.8) is 0 Å². The third kappa shape index (κ3) is 5.80. The molecule has 10 heteroatoms. The van der Waals surface area contributed by atoms with E-state index in [1.165, 1.54) is 0 Å². The van der Waals surface area contributed by atoms with Crippen LogP contribution in [-0.2, 0) is 6.18 Å². The standard InChI is InChI=1S/C16H18F5N5/c1-26(2)7-3-6-22-15-24-13(16(19,20)21)9-14(25-15)23-12-5-4-10(17)8-11(12)18/h4-5,8-9H,3,6-7H2,1-2H3,(H2,22,23,24,25). The normalized spacial score (nSPS) is 11.7. The second kappa shape index (κ2) is 8.26. The molecule has 0 aliphatic rings. The molecule has 1 aromatic carbocycles. The summed E-state index contributed by atoms with van der Waals surface area (Å²) in [5.74, 6) is -2.23. The maximum atomic E-state index is 13.7. The van der Waals surface area contributed by atoms with Crippen molar-refractivity contribution in [2.75, 3.05) is 37.8 Å². The predicted molar refractivity (Wildman–Crippen MR) is 88.3 cm³/mol. The summed E-state index contributed by atoms with van der Waals surface area (Å²) in [4.78, 5) is 9.29. The average Bonchev–Trinajstić information content (AvgIpc) is 2.53. The van der Waals surface area contributed by atoms with Crippen molar-refractivity contribution in [1.82, 2.24) is 14.9 Å². The van der Waals surface area contributed by atoms with Gasteiger partial charge in [-0.2, -0.15) is 18.2 Å². The van der Waals surface area contributed by atoms with Crippen LogP contribution in [0.25, 0.3) is 0 Å². The van der Waals surface area contributed by atoms with Gasteiger partial charge >= 0.3 is 6.18 Å². The Hall–Kier alpha value is -2.49. The Labute approximate surface area is 147 Å². The highest BCUT2D eigenvalue weighted by atomic mass is 19.4. The van der Waals surface area contributed by atoms with Crippen LogP contribution in [0.4, 0.5) is 39.4 Å². The summed E-state index contributed by atoms with van der Waals surface area (Å²) in [7, 11) is 3.75. The maximum Gasteiger partial charge on any atom is 0.433 e. The minimum atomic E-state index is -4.69. The van der Waals surface area contributed by atoms with Crippen molar-refractivity contribution in [3.05, 3.63) is 41.6 Å². The van der Waals surface area contributed by atoms with Gasteiger partial charge < -0.3 is 15.5 Å². The van der Waals surface area contributed by atoms with Crippen LogP contribution in [0.3, 0.4) is 0 Å². The molecule has 0 amide bonds. The van der Waals surface area contributed by atoms with Gasteiger partial charge in [-0.05, 0) is 39.2 Å². The molecular weight excluding hydrogens is 357 g/mol. The molecule has 0 atom stereocenters. The van der Waals surface area contributed by atoms with E-state index in [2.05, 4.69) is 20.6 Å². The van der Waals surface area contributed by atoms with E-state index in [9.17, 15) is 22.0 Å². The van der Waals surface area contributed by atoms with Gasteiger partial charge in [0.05, 0.1) is 5.69 Å². The number of nitrogens with one attached hydrogen (secondary N) is 2. The van der Waals surface area contributed by atoms with E-state index < -0.39 is 23.5 Å². The number of rotatable bonds is 7. The van der Waals surface area contributed by atoms with Gasteiger partial charge in [0, 0.05) is 18.7 Å². The fraction of sp³-hybridized carbons (Fsp3) is 0.375. The highest BCUT2D eigenvalue weighted by Crippen LogP contribution is 2.30. The molecule has 2 rings (SSSR count). The number of hydrogen-bond acceptors (Lipinski definition) is 5. The zero-order chi connectivity index (χ0) is 19.3. The SMILES string of the molecule is CN(C)CCCNc1nc(Nc2ccc(F)cc2F)cc(C(F)(F)F)n1. The predicted octanol–water partition coefficient (Wildman–Crippen LogP) is 3.88. The van der Waals surface area contributed by atoms with Crippen molar-refractivity contribution in [2.24, 2.45) is 0 Å². The molecule has 5 nitrogen and oxygen atoms in total. The molecule has 1 aromatic heterocycles. The first kappa shape index (κ1) is 19.8. The first-order valence-corrected chi connectivity index (χ1v) is 7.72. The minimum absolute atomic E-state index is 0.197. The Bertz CT molecular complexity index is 748. The van der Waals surface area contributed by atoms with E-state index >= 15 is 0 Å². The average molecular weight is 375 g/mol. The highest BCUT2D eigenvalue weighted by molar-refractivity contribution is 5.58. The number of aromatic nitrogens is 2. The molecular formula is C16H18F5N5. The molecule has 0 fully saturated rings. The van der Waals surface area contributed by atoms with Crippen molar-refractivity contribution in [3.8, 4) is 0 Å². The number of alkyl halides is 3. The number of anilines is 3. The van der Waals surface area contributed by atoms with Gasteiger partial charge in [0.15, 0.2) is 5.69 Å². The summed E-state index contributed by atoms with van der Waals surface area (Å²) in [5.41, 5.74) is -1.37. The second-order valence-corrected chi connectivity index (χ2v) is 5.79. The van der Waals surface area contributed by atoms with Crippen LogP contribution in [0.1, 0.15) is 12.1 Å². The third-order valence-electron chi connectivity index (χ3n) is 3.28. The first-order chi connectivity index (χ1) is 12.1. The van der Waals surface area contributed by atoms with E-state index in [0.717, 1.165) is 18.7 Å². The molecule has 2 N–H and O–H groups in total. The van der Waals surface area contributed by atoms with Crippen molar-refractivity contribution < 1.29 is 22.0 Å². The summed E-state index contributed by atoms with van der Waals surface area (Å²) in [6.07, 6.45) is -4.03. The van der Waals surface area contributed by atoms with Gasteiger partial charge in [0.25, 0.3) is 0 Å². The lowest BCUT2D eigenvalue weighted by molar-refractivity contribution is -0.141. The van der Waals surface area contributed by atoms with Crippen LogP contribution >= 0.6 is 0 Å². The number of nitrogens with zero attached hydrogens (tertiary/aromatic N) is 3. The molecule has 1 heterocycles. The monoisotopic (exact) mass is 375 g/mol. The van der Waals surface area contributed by atoms with Gasteiger partial charge in [-0.15, -0.1) is 0 Å². The zero-order valence-electron chi connectivity index (χ0n) is 14.2. The summed E-state index contributed by atoms with van der Waals surface area (Å²) in [5, 5.41) is 5.14. The van der Waals surface area contributed by atoms with Gasteiger partial charge in [-0.3, -0.25) is 0 Å². The van der Waals surface area contributed by atoms with Crippen molar-refractivity contribution in [2.45, 2.75) is 12.6 Å². The van der Waals surface area contributed by atoms with E-state index in [1.54, 1.807) is 0 Å². The van der Waals surface area contributed by atoms with Crippen molar-refractivity contribution in [1.29, 1.82) is 0 Å². The largest absolute Gasteiger partial charge is 0.433 e. The third-order valence-corrected chi connectivity index (χ3v) is 3.28. The van der Waals surface area contributed by atoms with Crippen molar-refractivity contribution >= 4 is 17.5 Å². The van der Waals surface area contributed by atoms with Crippen LogP contribution in [-0.4, -0.2) is 42.1 Å². The topological polar surface area (TPSA) is 53.1 Å². The Kier molecular flexibility index (Phi) is 6.30. The molecule has 0 radical (unpaired) electrons. The molecule has 0 bridgehead atoms. The lowest BCUT2D eigenvalue weighted by Crippen LogP contribution is -2.18. The minimum Gasteiger partial charge on any atom is -0.354 e. The Morgan fingerprint density at radius 1 is 1.08 bits per heavy atom. The number of hydrogen-bond donors (Lipinski definition) is 2.